The van der Waals surface area contributed by atoms with E-state index in [-0.39, 0.29) is 0 Å². The van der Waals surface area contributed by atoms with E-state index in [9.17, 15) is 5.26 Å². The second kappa shape index (κ2) is 4.75. The van der Waals surface area contributed by atoms with Gasteiger partial charge in [0.05, 0.1) is 24.3 Å². The molecule has 1 aromatic carbocycles. The molecule has 0 unspecified atom stereocenters. The summed E-state index contributed by atoms with van der Waals surface area (Å²) >= 11 is 0. The van der Waals surface area contributed by atoms with Gasteiger partial charge in [-0.2, -0.15) is 5.26 Å². The van der Waals surface area contributed by atoms with Crippen molar-refractivity contribution < 1.29 is 4.74 Å². The molecule has 2 heterocycles. The van der Waals surface area contributed by atoms with Gasteiger partial charge in [0, 0.05) is 24.2 Å². The van der Waals surface area contributed by atoms with Gasteiger partial charge in [-0.1, -0.05) is 0 Å². The third-order valence-corrected chi connectivity index (χ3v) is 3.25. The fourth-order valence-electron chi connectivity index (χ4n) is 2.28. The maximum atomic E-state index is 9.30. The number of anilines is 2. The molecule has 1 aliphatic heterocycles. The van der Waals surface area contributed by atoms with Gasteiger partial charge in [-0.3, -0.25) is 0 Å². The van der Waals surface area contributed by atoms with Crippen molar-refractivity contribution in [1.29, 1.82) is 5.26 Å². The van der Waals surface area contributed by atoms with E-state index in [1.54, 1.807) is 0 Å². The first-order chi connectivity index (χ1) is 9.28. The SMILES string of the molecule is N#Cc1cc2cc(N)ccc2nc1N1CCOCC1. The minimum absolute atomic E-state index is 0.583. The molecule has 1 aliphatic rings. The molecule has 0 amide bonds. The molecular weight excluding hydrogens is 240 g/mol. The van der Waals surface area contributed by atoms with E-state index >= 15 is 0 Å². The first-order valence-corrected chi connectivity index (χ1v) is 6.21. The Morgan fingerprint density at radius 3 is 2.79 bits per heavy atom. The fraction of sp³-hybridized carbons (Fsp3) is 0.286. The van der Waals surface area contributed by atoms with Gasteiger partial charge in [-0.15, -0.1) is 0 Å². The Kier molecular flexibility index (Phi) is 2.94. The number of ether oxygens (including phenoxy) is 1. The van der Waals surface area contributed by atoms with Gasteiger partial charge >= 0.3 is 0 Å². The van der Waals surface area contributed by atoms with E-state index in [4.69, 9.17) is 10.5 Å². The average molecular weight is 254 g/mol. The Balaban J connectivity index is 2.12. The van der Waals surface area contributed by atoms with Crippen molar-refractivity contribution in [2.75, 3.05) is 36.9 Å². The number of nitrogen functional groups attached to an aromatic ring is 1. The number of rotatable bonds is 1. The van der Waals surface area contributed by atoms with Gasteiger partial charge in [-0.25, -0.2) is 4.98 Å². The van der Waals surface area contributed by atoms with Gasteiger partial charge in [0.1, 0.15) is 11.9 Å². The maximum Gasteiger partial charge on any atom is 0.147 e. The molecule has 1 saturated heterocycles. The maximum absolute atomic E-state index is 9.30. The summed E-state index contributed by atoms with van der Waals surface area (Å²) in [5, 5.41) is 10.2. The summed E-state index contributed by atoms with van der Waals surface area (Å²) in [4.78, 5) is 6.70. The number of nitriles is 1. The van der Waals surface area contributed by atoms with Crippen LogP contribution in [0.1, 0.15) is 5.56 Å². The molecule has 0 atom stereocenters. The second-order valence-corrected chi connectivity index (χ2v) is 4.52. The van der Waals surface area contributed by atoms with Crippen molar-refractivity contribution in [2.24, 2.45) is 0 Å². The van der Waals surface area contributed by atoms with E-state index in [1.165, 1.54) is 0 Å². The van der Waals surface area contributed by atoms with Crippen LogP contribution in [0.4, 0.5) is 11.5 Å². The summed E-state index contributed by atoms with van der Waals surface area (Å²) in [6.45, 7) is 2.88. The fourth-order valence-corrected chi connectivity index (χ4v) is 2.28. The van der Waals surface area contributed by atoms with Crippen LogP contribution in [0.5, 0.6) is 0 Å². The van der Waals surface area contributed by atoms with Crippen LogP contribution in [0.15, 0.2) is 24.3 Å². The Morgan fingerprint density at radius 2 is 2.05 bits per heavy atom. The quantitative estimate of drug-likeness (QED) is 0.781. The molecule has 1 fully saturated rings. The minimum Gasteiger partial charge on any atom is -0.399 e. The highest BCUT2D eigenvalue weighted by molar-refractivity contribution is 5.85. The highest BCUT2D eigenvalue weighted by Gasteiger charge is 2.17. The number of morpholine rings is 1. The number of hydrogen-bond donors (Lipinski definition) is 1. The Bertz CT molecular complexity index is 656. The minimum atomic E-state index is 0.583. The van der Waals surface area contributed by atoms with Gasteiger partial charge in [0.2, 0.25) is 0 Å². The van der Waals surface area contributed by atoms with Crippen LogP contribution in [-0.2, 0) is 4.74 Å². The molecule has 2 aromatic rings. The summed E-state index contributed by atoms with van der Waals surface area (Å²) in [5.74, 6) is 0.739. The first kappa shape index (κ1) is 11.8. The third kappa shape index (κ3) is 2.18. The molecule has 0 saturated carbocycles. The predicted octanol–water partition coefficient (Wildman–Crippen LogP) is 1.53. The van der Waals surface area contributed by atoms with Crippen molar-refractivity contribution in [2.45, 2.75) is 0 Å². The number of hydrogen-bond acceptors (Lipinski definition) is 5. The lowest BCUT2D eigenvalue weighted by molar-refractivity contribution is 0.122. The lowest BCUT2D eigenvalue weighted by Crippen LogP contribution is -2.37. The molecule has 0 aliphatic carbocycles. The van der Waals surface area contributed by atoms with Crippen LogP contribution in [0.25, 0.3) is 10.9 Å². The molecule has 3 rings (SSSR count). The smallest absolute Gasteiger partial charge is 0.147 e. The van der Waals surface area contributed by atoms with Crippen molar-refractivity contribution in [3.05, 3.63) is 29.8 Å². The zero-order valence-electron chi connectivity index (χ0n) is 10.5. The summed E-state index contributed by atoms with van der Waals surface area (Å²) in [6, 6.07) is 9.62. The van der Waals surface area contributed by atoms with Crippen LogP contribution in [0.2, 0.25) is 0 Å². The number of nitrogens with zero attached hydrogens (tertiary/aromatic N) is 3. The van der Waals surface area contributed by atoms with E-state index in [1.807, 2.05) is 24.3 Å². The highest BCUT2D eigenvalue weighted by atomic mass is 16.5. The van der Waals surface area contributed by atoms with Crippen LogP contribution in [0, 0.1) is 11.3 Å². The number of aromatic nitrogens is 1. The monoisotopic (exact) mass is 254 g/mol. The number of benzene rings is 1. The summed E-state index contributed by atoms with van der Waals surface area (Å²) < 4.78 is 5.33. The summed E-state index contributed by atoms with van der Waals surface area (Å²) in [6.07, 6.45) is 0. The van der Waals surface area contributed by atoms with Crippen LogP contribution < -0.4 is 10.6 Å². The van der Waals surface area contributed by atoms with Gasteiger partial charge in [0.15, 0.2) is 0 Å². The van der Waals surface area contributed by atoms with Crippen LogP contribution in [-0.4, -0.2) is 31.3 Å². The van der Waals surface area contributed by atoms with Gasteiger partial charge in [-0.05, 0) is 24.3 Å². The van der Waals surface area contributed by atoms with E-state index in [0.717, 1.165) is 29.8 Å². The molecular formula is C14H14N4O. The molecule has 0 spiro atoms. The Labute approximate surface area is 111 Å². The molecule has 0 radical (unpaired) electrons. The molecule has 2 N–H and O–H groups in total. The molecule has 1 aromatic heterocycles. The lowest BCUT2D eigenvalue weighted by Gasteiger charge is -2.28. The number of nitrogens with two attached hydrogens (primary N) is 1. The van der Waals surface area contributed by atoms with Gasteiger partial charge < -0.3 is 15.4 Å². The topological polar surface area (TPSA) is 75.2 Å². The number of fused-ring (bicyclic) bond motifs is 1. The van der Waals surface area contributed by atoms with Crippen molar-refractivity contribution in [1.82, 2.24) is 4.98 Å². The summed E-state index contributed by atoms with van der Waals surface area (Å²) in [5.41, 5.74) is 7.88. The molecule has 5 heteroatoms. The Morgan fingerprint density at radius 1 is 1.26 bits per heavy atom. The zero-order chi connectivity index (χ0) is 13.2. The van der Waals surface area contributed by atoms with Crippen molar-refractivity contribution >= 4 is 22.4 Å². The van der Waals surface area contributed by atoms with Gasteiger partial charge in [0.25, 0.3) is 0 Å². The summed E-state index contributed by atoms with van der Waals surface area (Å²) in [7, 11) is 0. The molecule has 0 bridgehead atoms. The van der Waals surface area contributed by atoms with E-state index in [2.05, 4.69) is 16.0 Å². The normalized spacial score (nSPS) is 15.4. The van der Waals surface area contributed by atoms with Crippen molar-refractivity contribution in [3.8, 4) is 6.07 Å². The van der Waals surface area contributed by atoms with Crippen molar-refractivity contribution in [3.63, 3.8) is 0 Å². The average Bonchev–Trinajstić information content (AvgIpc) is 2.46. The largest absolute Gasteiger partial charge is 0.399 e. The molecule has 5 nitrogen and oxygen atoms in total. The predicted molar refractivity (Wildman–Crippen MR) is 73.9 cm³/mol. The van der Waals surface area contributed by atoms with E-state index in [0.29, 0.717) is 24.5 Å². The Hall–Kier alpha value is -2.32. The van der Waals surface area contributed by atoms with Crippen LogP contribution >= 0.6 is 0 Å². The second-order valence-electron chi connectivity index (χ2n) is 4.52. The molecule has 96 valence electrons. The number of pyridine rings is 1. The van der Waals surface area contributed by atoms with Crippen LogP contribution in [0.3, 0.4) is 0 Å². The van der Waals surface area contributed by atoms with E-state index < -0.39 is 0 Å². The third-order valence-electron chi connectivity index (χ3n) is 3.25. The first-order valence-electron chi connectivity index (χ1n) is 6.21. The lowest BCUT2D eigenvalue weighted by atomic mass is 10.1. The highest BCUT2D eigenvalue weighted by Crippen LogP contribution is 2.25. The zero-order valence-corrected chi connectivity index (χ0v) is 10.5. The molecule has 19 heavy (non-hydrogen) atoms. The standard InChI is InChI=1S/C14H14N4O/c15-9-11-7-10-8-12(16)1-2-13(10)17-14(11)18-3-5-19-6-4-18/h1-2,7-8H,3-6,16H2.